The predicted octanol–water partition coefficient (Wildman–Crippen LogP) is 1.59. The van der Waals surface area contributed by atoms with Gasteiger partial charge in [0.2, 0.25) is 0 Å². The third-order valence-electron chi connectivity index (χ3n) is 2.65. The molecular weight excluding hydrogens is 260 g/mol. The van der Waals surface area contributed by atoms with Crippen LogP contribution in [0.25, 0.3) is 0 Å². The lowest BCUT2D eigenvalue weighted by Gasteiger charge is -2.09. The first kappa shape index (κ1) is 13.7. The summed E-state index contributed by atoms with van der Waals surface area (Å²) in [6, 6.07) is 8.09. The SMILES string of the molecule is COc1cc(NC(=O)c2ccc[n+]([O-])c2)cc(OC)c1. The van der Waals surface area contributed by atoms with Crippen molar-refractivity contribution < 1.29 is 19.0 Å². The Bertz CT molecular complexity index is 606. The molecule has 0 aliphatic rings. The number of carbonyl (C=O) groups excluding carboxylic acids is 1. The molecule has 1 amide bonds. The summed E-state index contributed by atoms with van der Waals surface area (Å²) in [6.07, 6.45) is 2.51. The first-order chi connectivity index (χ1) is 9.62. The summed E-state index contributed by atoms with van der Waals surface area (Å²) in [5.74, 6) is 0.740. The van der Waals surface area contributed by atoms with Gasteiger partial charge >= 0.3 is 0 Å². The van der Waals surface area contributed by atoms with E-state index in [1.165, 1.54) is 32.7 Å². The number of anilines is 1. The van der Waals surface area contributed by atoms with Gasteiger partial charge in [0.15, 0.2) is 12.4 Å². The molecule has 2 aromatic rings. The maximum atomic E-state index is 12.0. The van der Waals surface area contributed by atoms with Gasteiger partial charge in [-0.2, -0.15) is 4.73 Å². The number of methoxy groups -OCH3 is 2. The maximum Gasteiger partial charge on any atom is 0.261 e. The number of nitrogens with zero attached hydrogens (tertiary/aromatic N) is 1. The first-order valence-electron chi connectivity index (χ1n) is 5.85. The Morgan fingerprint density at radius 2 is 1.85 bits per heavy atom. The Balaban J connectivity index is 2.23. The van der Waals surface area contributed by atoms with E-state index in [-0.39, 0.29) is 11.5 Å². The minimum Gasteiger partial charge on any atom is -0.619 e. The molecule has 0 bridgehead atoms. The Morgan fingerprint density at radius 1 is 1.20 bits per heavy atom. The molecule has 0 aliphatic heterocycles. The number of hydrogen-bond acceptors (Lipinski definition) is 4. The van der Waals surface area contributed by atoms with Crippen LogP contribution in [0.2, 0.25) is 0 Å². The van der Waals surface area contributed by atoms with E-state index in [1.807, 2.05) is 0 Å². The molecule has 6 heteroatoms. The molecule has 0 atom stereocenters. The van der Waals surface area contributed by atoms with Crippen LogP contribution in [0.3, 0.4) is 0 Å². The molecule has 2 rings (SSSR count). The van der Waals surface area contributed by atoms with E-state index in [9.17, 15) is 10.0 Å². The third-order valence-corrected chi connectivity index (χ3v) is 2.65. The molecule has 0 aliphatic carbocycles. The minimum atomic E-state index is -0.384. The molecule has 104 valence electrons. The topological polar surface area (TPSA) is 74.5 Å². The fourth-order valence-corrected chi connectivity index (χ4v) is 1.67. The summed E-state index contributed by atoms with van der Waals surface area (Å²) in [5, 5.41) is 13.8. The zero-order valence-electron chi connectivity index (χ0n) is 11.1. The fourth-order valence-electron chi connectivity index (χ4n) is 1.67. The van der Waals surface area contributed by atoms with E-state index < -0.39 is 0 Å². The van der Waals surface area contributed by atoms with Gasteiger partial charge in [-0.05, 0) is 6.07 Å². The van der Waals surface area contributed by atoms with Crippen molar-refractivity contribution in [2.45, 2.75) is 0 Å². The van der Waals surface area contributed by atoms with E-state index in [4.69, 9.17) is 9.47 Å². The molecule has 1 heterocycles. The van der Waals surface area contributed by atoms with Crippen LogP contribution in [0.15, 0.2) is 42.7 Å². The fraction of sp³-hybridized carbons (Fsp3) is 0.143. The zero-order valence-corrected chi connectivity index (χ0v) is 11.1. The van der Waals surface area contributed by atoms with Gasteiger partial charge in [0, 0.05) is 30.0 Å². The van der Waals surface area contributed by atoms with Crippen molar-refractivity contribution in [3.8, 4) is 11.5 Å². The molecule has 0 saturated heterocycles. The van der Waals surface area contributed by atoms with E-state index in [0.717, 1.165) is 0 Å². The first-order valence-corrected chi connectivity index (χ1v) is 5.85. The van der Waals surface area contributed by atoms with Gasteiger partial charge < -0.3 is 20.0 Å². The second kappa shape index (κ2) is 5.92. The monoisotopic (exact) mass is 274 g/mol. The van der Waals surface area contributed by atoms with Gasteiger partial charge in [0.05, 0.1) is 14.2 Å². The van der Waals surface area contributed by atoms with Crippen molar-refractivity contribution >= 4 is 11.6 Å². The molecule has 0 radical (unpaired) electrons. The molecule has 0 unspecified atom stereocenters. The van der Waals surface area contributed by atoms with Crippen LogP contribution in [0, 0.1) is 5.21 Å². The van der Waals surface area contributed by atoms with Gasteiger partial charge in [-0.3, -0.25) is 4.79 Å². The smallest absolute Gasteiger partial charge is 0.261 e. The average Bonchev–Trinajstić information content (AvgIpc) is 2.46. The standard InChI is InChI=1S/C14H14N2O4/c1-19-12-6-11(7-13(8-12)20-2)15-14(17)10-4-3-5-16(18)9-10/h3-9H,1-2H3,(H,15,17). The van der Waals surface area contributed by atoms with E-state index in [1.54, 1.807) is 24.3 Å². The predicted molar refractivity (Wildman–Crippen MR) is 72.9 cm³/mol. The molecule has 6 nitrogen and oxygen atoms in total. The van der Waals surface area contributed by atoms with Gasteiger partial charge in [-0.25, -0.2) is 0 Å². The quantitative estimate of drug-likeness (QED) is 0.678. The largest absolute Gasteiger partial charge is 0.619 e. The van der Waals surface area contributed by atoms with Gasteiger partial charge in [-0.15, -0.1) is 0 Å². The van der Waals surface area contributed by atoms with E-state index in [2.05, 4.69) is 5.32 Å². The highest BCUT2D eigenvalue weighted by atomic mass is 16.5. The minimum absolute atomic E-state index is 0.268. The van der Waals surface area contributed by atoms with Crippen LogP contribution < -0.4 is 19.5 Å². The van der Waals surface area contributed by atoms with Crippen molar-refractivity contribution in [1.29, 1.82) is 0 Å². The highest BCUT2D eigenvalue weighted by molar-refractivity contribution is 6.04. The summed E-state index contributed by atoms with van der Waals surface area (Å²) >= 11 is 0. The second-order valence-electron chi connectivity index (χ2n) is 4.01. The molecule has 1 aromatic heterocycles. The maximum absolute atomic E-state index is 12.0. The number of carbonyl (C=O) groups is 1. The molecule has 0 spiro atoms. The van der Waals surface area contributed by atoms with Crippen LogP contribution in [-0.2, 0) is 0 Å². The highest BCUT2D eigenvalue weighted by Gasteiger charge is 2.10. The lowest BCUT2D eigenvalue weighted by molar-refractivity contribution is -0.605. The van der Waals surface area contributed by atoms with Crippen molar-refractivity contribution in [1.82, 2.24) is 0 Å². The van der Waals surface area contributed by atoms with Crippen molar-refractivity contribution in [3.05, 3.63) is 53.5 Å². The molecule has 20 heavy (non-hydrogen) atoms. The van der Waals surface area contributed by atoms with Crippen LogP contribution in [0.1, 0.15) is 10.4 Å². The van der Waals surface area contributed by atoms with Crippen molar-refractivity contribution in [2.24, 2.45) is 0 Å². The Labute approximate surface area is 116 Å². The highest BCUT2D eigenvalue weighted by Crippen LogP contribution is 2.25. The van der Waals surface area contributed by atoms with Gasteiger partial charge in [0.1, 0.15) is 17.1 Å². The molecule has 0 saturated carbocycles. The Hall–Kier alpha value is -2.76. The number of nitrogens with one attached hydrogen (secondary N) is 1. The molecule has 1 N–H and O–H groups in total. The van der Waals surface area contributed by atoms with Crippen molar-refractivity contribution in [2.75, 3.05) is 19.5 Å². The number of amides is 1. The summed E-state index contributed by atoms with van der Waals surface area (Å²) < 4.78 is 10.8. The summed E-state index contributed by atoms with van der Waals surface area (Å²) in [4.78, 5) is 12.0. The number of hydrogen-bond donors (Lipinski definition) is 1. The summed E-state index contributed by atoms with van der Waals surface area (Å²) in [7, 11) is 3.05. The van der Waals surface area contributed by atoms with Crippen LogP contribution in [0.5, 0.6) is 11.5 Å². The second-order valence-corrected chi connectivity index (χ2v) is 4.01. The number of aromatic nitrogens is 1. The van der Waals surface area contributed by atoms with Gasteiger partial charge in [0.25, 0.3) is 5.91 Å². The van der Waals surface area contributed by atoms with E-state index in [0.29, 0.717) is 21.9 Å². The normalized spacial score (nSPS) is 9.90. The van der Waals surface area contributed by atoms with Crippen LogP contribution in [0.4, 0.5) is 5.69 Å². The Morgan fingerprint density at radius 3 is 2.40 bits per heavy atom. The number of benzene rings is 1. The van der Waals surface area contributed by atoms with Crippen molar-refractivity contribution in [3.63, 3.8) is 0 Å². The third kappa shape index (κ3) is 3.17. The molecule has 0 fully saturated rings. The lowest BCUT2D eigenvalue weighted by atomic mass is 10.2. The lowest BCUT2D eigenvalue weighted by Crippen LogP contribution is -2.27. The van der Waals surface area contributed by atoms with E-state index >= 15 is 0 Å². The number of ether oxygens (including phenoxy) is 2. The van der Waals surface area contributed by atoms with Crippen LogP contribution >= 0.6 is 0 Å². The van der Waals surface area contributed by atoms with Crippen LogP contribution in [-0.4, -0.2) is 20.1 Å². The molecular formula is C14H14N2O4. The zero-order chi connectivity index (χ0) is 14.5. The summed E-state index contributed by atoms with van der Waals surface area (Å²) in [6.45, 7) is 0. The Kier molecular flexibility index (Phi) is 4.05. The average molecular weight is 274 g/mol. The number of pyridine rings is 1. The van der Waals surface area contributed by atoms with Gasteiger partial charge in [-0.1, -0.05) is 0 Å². The summed E-state index contributed by atoms with van der Waals surface area (Å²) in [5.41, 5.74) is 0.789. The number of rotatable bonds is 4. The molecule has 1 aromatic carbocycles.